The van der Waals surface area contributed by atoms with Gasteiger partial charge in [0.1, 0.15) is 5.75 Å². The van der Waals surface area contributed by atoms with Gasteiger partial charge in [0.15, 0.2) is 0 Å². The molecule has 0 radical (unpaired) electrons. The van der Waals surface area contributed by atoms with Crippen molar-refractivity contribution < 1.29 is 9.53 Å². The Morgan fingerprint density at radius 2 is 2.25 bits per heavy atom. The van der Waals surface area contributed by atoms with Crippen molar-refractivity contribution in [2.24, 2.45) is 0 Å². The lowest BCUT2D eigenvalue weighted by molar-refractivity contribution is -0.121. The molecule has 1 N–H and O–H groups in total. The molecule has 0 aliphatic carbocycles. The molecule has 0 aliphatic rings. The molecule has 0 aromatic heterocycles. The number of carbonyl (C=O) groups is 1. The Bertz CT molecular complexity index is 366. The maximum absolute atomic E-state index is 11.3. The zero-order valence-corrected chi connectivity index (χ0v) is 10.3. The number of hydrogen-bond acceptors (Lipinski definition) is 2. The first kappa shape index (κ1) is 12.8. The first-order valence-corrected chi connectivity index (χ1v) is 5.65. The van der Waals surface area contributed by atoms with E-state index in [4.69, 9.17) is 16.3 Å². The van der Waals surface area contributed by atoms with Crippen molar-refractivity contribution in [2.45, 2.75) is 26.3 Å². The first-order chi connectivity index (χ1) is 7.69. The van der Waals surface area contributed by atoms with Crippen molar-refractivity contribution in [1.82, 2.24) is 5.32 Å². The molecular weight excluding hydrogens is 226 g/mol. The molecule has 1 amide bonds. The molecule has 0 bridgehead atoms. The molecule has 0 saturated carbocycles. The molecule has 0 aliphatic heterocycles. The molecule has 1 rings (SSSR count). The fourth-order valence-electron chi connectivity index (χ4n) is 1.40. The fourth-order valence-corrected chi connectivity index (χ4v) is 1.64. The Hall–Kier alpha value is -1.22. The third-order valence-electron chi connectivity index (χ3n) is 2.24. The molecular formula is C12H16ClNO2. The molecule has 0 spiro atoms. The lowest BCUT2D eigenvalue weighted by Gasteiger charge is -2.11. The van der Waals surface area contributed by atoms with Crippen LogP contribution in [0.5, 0.6) is 5.75 Å². The van der Waals surface area contributed by atoms with Crippen LogP contribution in [0.15, 0.2) is 18.2 Å². The summed E-state index contributed by atoms with van der Waals surface area (Å²) in [7, 11) is 1.59. The number of benzene rings is 1. The second-order valence-corrected chi connectivity index (χ2v) is 3.85. The van der Waals surface area contributed by atoms with E-state index in [0.717, 1.165) is 12.0 Å². The van der Waals surface area contributed by atoms with Crippen LogP contribution < -0.4 is 10.1 Å². The fraction of sp³-hybridized carbons (Fsp3) is 0.417. The van der Waals surface area contributed by atoms with E-state index < -0.39 is 0 Å². The van der Waals surface area contributed by atoms with E-state index >= 15 is 0 Å². The summed E-state index contributed by atoms with van der Waals surface area (Å²) in [5.74, 6) is 0.730. The van der Waals surface area contributed by atoms with Gasteiger partial charge in [0.05, 0.1) is 7.11 Å². The zero-order chi connectivity index (χ0) is 12.0. The number of halogens is 1. The lowest BCUT2D eigenvalue weighted by Crippen LogP contribution is -2.22. The molecule has 0 heterocycles. The van der Waals surface area contributed by atoms with E-state index in [2.05, 4.69) is 5.32 Å². The number of amides is 1. The van der Waals surface area contributed by atoms with Gasteiger partial charge in [0.2, 0.25) is 5.91 Å². The van der Waals surface area contributed by atoms with Gasteiger partial charge in [0.25, 0.3) is 0 Å². The van der Waals surface area contributed by atoms with Gasteiger partial charge in [-0.15, -0.1) is 0 Å². The van der Waals surface area contributed by atoms with Crippen LogP contribution in [0.4, 0.5) is 0 Å². The zero-order valence-electron chi connectivity index (χ0n) is 9.55. The van der Waals surface area contributed by atoms with Crippen molar-refractivity contribution in [2.75, 3.05) is 7.11 Å². The van der Waals surface area contributed by atoms with Gasteiger partial charge < -0.3 is 10.1 Å². The number of ether oxygens (including phenoxy) is 1. The summed E-state index contributed by atoms with van der Waals surface area (Å²) in [4.78, 5) is 11.3. The van der Waals surface area contributed by atoms with Crippen molar-refractivity contribution in [3.63, 3.8) is 0 Å². The summed E-state index contributed by atoms with van der Waals surface area (Å²) < 4.78 is 5.18. The van der Waals surface area contributed by atoms with Gasteiger partial charge >= 0.3 is 0 Å². The second kappa shape index (κ2) is 6.38. The van der Waals surface area contributed by atoms with Crippen LogP contribution in [0, 0.1) is 0 Å². The van der Waals surface area contributed by atoms with Crippen LogP contribution >= 0.6 is 11.6 Å². The van der Waals surface area contributed by atoms with E-state index in [1.165, 1.54) is 0 Å². The van der Waals surface area contributed by atoms with Gasteiger partial charge in [-0.25, -0.2) is 0 Å². The Morgan fingerprint density at radius 1 is 1.50 bits per heavy atom. The minimum atomic E-state index is 0.0319. The standard InChI is InChI=1S/C12H16ClNO2/c1-3-5-12(15)14-8-9-10(13)6-4-7-11(9)16-2/h4,6-7H,3,5,8H2,1-2H3,(H,14,15). The maximum Gasteiger partial charge on any atom is 0.220 e. The van der Waals surface area contributed by atoms with Crippen LogP contribution in [-0.4, -0.2) is 13.0 Å². The van der Waals surface area contributed by atoms with Crippen molar-refractivity contribution in [1.29, 1.82) is 0 Å². The Balaban J connectivity index is 2.69. The molecule has 1 aromatic carbocycles. The highest BCUT2D eigenvalue weighted by Crippen LogP contribution is 2.25. The van der Waals surface area contributed by atoms with Crippen LogP contribution in [0.2, 0.25) is 5.02 Å². The first-order valence-electron chi connectivity index (χ1n) is 5.27. The summed E-state index contributed by atoms with van der Waals surface area (Å²) >= 11 is 6.04. The Morgan fingerprint density at radius 3 is 2.88 bits per heavy atom. The second-order valence-electron chi connectivity index (χ2n) is 3.45. The van der Waals surface area contributed by atoms with Gasteiger partial charge in [-0.3, -0.25) is 4.79 Å². The van der Waals surface area contributed by atoms with Gasteiger partial charge in [-0.2, -0.15) is 0 Å². The predicted octanol–water partition coefficient (Wildman–Crippen LogP) is 2.76. The van der Waals surface area contributed by atoms with Gasteiger partial charge in [-0.05, 0) is 18.6 Å². The summed E-state index contributed by atoms with van der Waals surface area (Å²) in [5, 5.41) is 3.42. The van der Waals surface area contributed by atoms with Crippen LogP contribution in [0.3, 0.4) is 0 Å². The molecule has 4 heteroatoms. The topological polar surface area (TPSA) is 38.3 Å². The van der Waals surface area contributed by atoms with Crippen LogP contribution in [-0.2, 0) is 11.3 Å². The highest BCUT2D eigenvalue weighted by Gasteiger charge is 2.08. The summed E-state index contributed by atoms with van der Waals surface area (Å²) in [6.07, 6.45) is 1.37. The predicted molar refractivity (Wildman–Crippen MR) is 64.8 cm³/mol. The number of methoxy groups -OCH3 is 1. The monoisotopic (exact) mass is 241 g/mol. The average molecular weight is 242 g/mol. The summed E-state index contributed by atoms with van der Waals surface area (Å²) in [5.41, 5.74) is 0.816. The van der Waals surface area contributed by atoms with Gasteiger partial charge in [0, 0.05) is 23.6 Å². The number of hydrogen-bond donors (Lipinski definition) is 1. The molecule has 0 fully saturated rings. The minimum absolute atomic E-state index is 0.0319. The number of carbonyl (C=O) groups excluding carboxylic acids is 1. The largest absolute Gasteiger partial charge is 0.496 e. The molecule has 1 aromatic rings. The highest BCUT2D eigenvalue weighted by atomic mass is 35.5. The minimum Gasteiger partial charge on any atom is -0.496 e. The highest BCUT2D eigenvalue weighted by molar-refractivity contribution is 6.31. The van der Waals surface area contributed by atoms with E-state index in [-0.39, 0.29) is 5.91 Å². The molecule has 3 nitrogen and oxygen atoms in total. The van der Waals surface area contributed by atoms with Crippen molar-refractivity contribution >= 4 is 17.5 Å². The number of nitrogens with one attached hydrogen (secondary N) is 1. The van der Waals surface area contributed by atoms with Crippen LogP contribution in [0.25, 0.3) is 0 Å². The van der Waals surface area contributed by atoms with E-state index in [1.807, 2.05) is 19.1 Å². The summed E-state index contributed by atoms with van der Waals surface area (Å²) in [6.45, 7) is 2.37. The Kier molecular flexibility index (Phi) is 5.12. The Labute approximate surface area is 101 Å². The normalized spacial score (nSPS) is 9.94. The van der Waals surface area contributed by atoms with Crippen LogP contribution in [0.1, 0.15) is 25.3 Å². The number of rotatable bonds is 5. The third kappa shape index (κ3) is 3.42. The third-order valence-corrected chi connectivity index (χ3v) is 2.59. The SMILES string of the molecule is CCCC(=O)NCc1c(Cl)cccc1OC. The summed E-state index contributed by atoms with van der Waals surface area (Å²) in [6, 6.07) is 5.43. The smallest absolute Gasteiger partial charge is 0.220 e. The molecule has 0 atom stereocenters. The van der Waals surface area contributed by atoms with Gasteiger partial charge in [-0.1, -0.05) is 24.6 Å². The molecule has 16 heavy (non-hydrogen) atoms. The molecule has 0 unspecified atom stereocenters. The van der Waals surface area contributed by atoms with Crippen molar-refractivity contribution in [3.8, 4) is 5.75 Å². The quantitative estimate of drug-likeness (QED) is 0.861. The molecule has 0 saturated heterocycles. The van der Waals surface area contributed by atoms with E-state index in [9.17, 15) is 4.79 Å². The van der Waals surface area contributed by atoms with Crippen molar-refractivity contribution in [3.05, 3.63) is 28.8 Å². The van der Waals surface area contributed by atoms with E-state index in [1.54, 1.807) is 13.2 Å². The lowest BCUT2D eigenvalue weighted by atomic mass is 10.2. The molecule has 88 valence electrons. The average Bonchev–Trinajstić information content (AvgIpc) is 2.27. The van der Waals surface area contributed by atoms with E-state index in [0.29, 0.717) is 23.7 Å². The maximum atomic E-state index is 11.3.